The van der Waals surface area contributed by atoms with Crippen LogP contribution in [0, 0.1) is 0 Å². The molecule has 0 radical (unpaired) electrons. The van der Waals surface area contributed by atoms with Gasteiger partial charge in [0.2, 0.25) is 0 Å². The molecule has 0 atom stereocenters. The van der Waals surface area contributed by atoms with E-state index in [-0.39, 0.29) is 5.91 Å². The highest BCUT2D eigenvalue weighted by Crippen LogP contribution is 2.21. The van der Waals surface area contributed by atoms with Gasteiger partial charge in [-0.25, -0.2) is 0 Å². The first kappa shape index (κ1) is 14.4. The molecule has 106 valence electrons. The number of rotatable bonds is 5. The normalized spacial score (nSPS) is 10.3. The van der Waals surface area contributed by atoms with Gasteiger partial charge in [0.15, 0.2) is 5.82 Å². The molecule has 5 nitrogen and oxygen atoms in total. The maximum Gasteiger partial charge on any atom is 0.259 e. The lowest BCUT2D eigenvalue weighted by atomic mass is 10.1. The maximum absolute atomic E-state index is 12.3. The minimum absolute atomic E-state index is 0.232. The summed E-state index contributed by atoms with van der Waals surface area (Å²) in [5.74, 6) is 0.281. The summed E-state index contributed by atoms with van der Waals surface area (Å²) in [5.41, 5.74) is 1.28. The number of hydrogen-bond donors (Lipinski definition) is 2. The molecule has 0 saturated carbocycles. The average Bonchev–Trinajstić information content (AvgIpc) is 2.82. The summed E-state index contributed by atoms with van der Waals surface area (Å²) in [4.78, 5) is 12.3. The lowest BCUT2D eigenvalue weighted by Gasteiger charge is -2.11. The Morgan fingerprint density at radius 2 is 2.20 bits per heavy atom. The molecule has 2 rings (SSSR count). The van der Waals surface area contributed by atoms with Gasteiger partial charge in [-0.2, -0.15) is 5.10 Å². The Hall–Kier alpha value is -2.01. The molecule has 1 aromatic heterocycles. The van der Waals surface area contributed by atoms with E-state index in [1.807, 2.05) is 6.07 Å². The summed E-state index contributed by atoms with van der Waals surface area (Å²) >= 11 is 5.97. The van der Waals surface area contributed by atoms with E-state index < -0.39 is 0 Å². The van der Waals surface area contributed by atoms with Crippen molar-refractivity contribution in [1.82, 2.24) is 9.78 Å². The first-order chi connectivity index (χ1) is 9.60. The van der Waals surface area contributed by atoms with E-state index in [0.29, 0.717) is 16.4 Å². The van der Waals surface area contributed by atoms with Crippen LogP contribution in [0.1, 0.15) is 23.7 Å². The summed E-state index contributed by atoms with van der Waals surface area (Å²) in [7, 11) is 1.79. The van der Waals surface area contributed by atoms with Crippen molar-refractivity contribution < 1.29 is 4.79 Å². The van der Waals surface area contributed by atoms with Crippen LogP contribution in [0.25, 0.3) is 0 Å². The van der Waals surface area contributed by atoms with Gasteiger partial charge in [0.25, 0.3) is 5.91 Å². The van der Waals surface area contributed by atoms with Crippen LogP contribution in [-0.2, 0) is 7.05 Å². The molecular weight excluding hydrogens is 276 g/mol. The molecular formula is C14H17ClN4O. The van der Waals surface area contributed by atoms with Gasteiger partial charge in [-0.3, -0.25) is 9.48 Å². The van der Waals surface area contributed by atoms with E-state index in [1.165, 1.54) is 0 Å². The van der Waals surface area contributed by atoms with Gasteiger partial charge in [0, 0.05) is 36.6 Å². The monoisotopic (exact) mass is 292 g/mol. The van der Waals surface area contributed by atoms with Gasteiger partial charge >= 0.3 is 0 Å². The van der Waals surface area contributed by atoms with Gasteiger partial charge in [-0.15, -0.1) is 0 Å². The van der Waals surface area contributed by atoms with Crippen molar-refractivity contribution in [3.05, 3.63) is 41.0 Å². The van der Waals surface area contributed by atoms with Crippen LogP contribution in [0.3, 0.4) is 0 Å². The number of carbonyl (C=O) groups is 1. The van der Waals surface area contributed by atoms with Crippen molar-refractivity contribution >= 4 is 29.0 Å². The Balaban J connectivity index is 2.21. The average molecular weight is 293 g/mol. The van der Waals surface area contributed by atoms with Crippen LogP contribution in [-0.4, -0.2) is 22.2 Å². The third kappa shape index (κ3) is 3.51. The number of aryl methyl sites for hydroxylation is 1. The molecule has 2 aromatic rings. The Morgan fingerprint density at radius 3 is 2.85 bits per heavy atom. The van der Waals surface area contributed by atoms with E-state index >= 15 is 0 Å². The quantitative estimate of drug-likeness (QED) is 0.890. The zero-order chi connectivity index (χ0) is 14.5. The predicted octanol–water partition coefficient (Wildman–Crippen LogP) is 3.15. The van der Waals surface area contributed by atoms with Crippen LogP contribution in [0.4, 0.5) is 11.5 Å². The van der Waals surface area contributed by atoms with Crippen LogP contribution < -0.4 is 10.6 Å². The van der Waals surface area contributed by atoms with Crippen molar-refractivity contribution in [1.29, 1.82) is 0 Å². The van der Waals surface area contributed by atoms with Gasteiger partial charge in [0.1, 0.15) is 0 Å². The largest absolute Gasteiger partial charge is 0.384 e. The van der Waals surface area contributed by atoms with Gasteiger partial charge in [0.05, 0.1) is 5.56 Å². The second-order valence-corrected chi connectivity index (χ2v) is 4.88. The third-order valence-electron chi connectivity index (χ3n) is 2.75. The van der Waals surface area contributed by atoms with Crippen LogP contribution in [0.5, 0.6) is 0 Å². The Bertz CT molecular complexity index is 609. The summed E-state index contributed by atoms with van der Waals surface area (Å²) in [6.45, 7) is 2.86. The molecule has 20 heavy (non-hydrogen) atoms. The highest BCUT2D eigenvalue weighted by atomic mass is 35.5. The first-order valence-corrected chi connectivity index (χ1v) is 6.82. The number of amides is 1. The number of anilines is 2. The lowest BCUT2D eigenvalue weighted by molar-refractivity contribution is 0.102. The van der Waals surface area contributed by atoms with Gasteiger partial charge in [-0.05, 0) is 24.6 Å². The molecule has 0 aliphatic heterocycles. The minimum atomic E-state index is -0.232. The number of nitrogens with zero attached hydrogens (tertiary/aromatic N) is 2. The number of halogens is 1. The smallest absolute Gasteiger partial charge is 0.259 e. The topological polar surface area (TPSA) is 59.0 Å². The van der Waals surface area contributed by atoms with Crippen LogP contribution in [0.15, 0.2) is 30.5 Å². The van der Waals surface area contributed by atoms with E-state index in [0.717, 1.165) is 18.7 Å². The Labute approximate surface area is 122 Å². The van der Waals surface area contributed by atoms with Crippen LogP contribution >= 0.6 is 11.6 Å². The van der Waals surface area contributed by atoms with E-state index in [9.17, 15) is 4.79 Å². The zero-order valence-electron chi connectivity index (χ0n) is 11.5. The SMILES string of the molecule is CCCNc1ccc(Cl)cc1C(=O)Nc1ccn(C)n1. The molecule has 1 amide bonds. The number of carbonyl (C=O) groups excluding carboxylic acids is 1. The van der Waals surface area contributed by atoms with Crippen molar-refractivity contribution in [2.45, 2.75) is 13.3 Å². The van der Waals surface area contributed by atoms with Crippen molar-refractivity contribution in [2.24, 2.45) is 7.05 Å². The summed E-state index contributed by atoms with van der Waals surface area (Å²) in [6, 6.07) is 6.96. The molecule has 6 heteroatoms. The number of nitrogens with one attached hydrogen (secondary N) is 2. The molecule has 0 spiro atoms. The fourth-order valence-electron chi connectivity index (χ4n) is 1.78. The maximum atomic E-state index is 12.3. The zero-order valence-corrected chi connectivity index (χ0v) is 12.2. The number of aromatic nitrogens is 2. The molecule has 1 heterocycles. The summed E-state index contributed by atoms with van der Waals surface area (Å²) in [5, 5.41) is 10.6. The second kappa shape index (κ2) is 6.43. The molecule has 0 bridgehead atoms. The number of hydrogen-bond acceptors (Lipinski definition) is 3. The first-order valence-electron chi connectivity index (χ1n) is 6.44. The second-order valence-electron chi connectivity index (χ2n) is 4.45. The summed E-state index contributed by atoms with van der Waals surface area (Å²) in [6.07, 6.45) is 2.74. The molecule has 0 aliphatic carbocycles. The van der Waals surface area contributed by atoms with E-state index in [4.69, 9.17) is 11.6 Å². The fourth-order valence-corrected chi connectivity index (χ4v) is 1.96. The lowest BCUT2D eigenvalue weighted by Crippen LogP contribution is -2.15. The summed E-state index contributed by atoms with van der Waals surface area (Å²) < 4.78 is 1.63. The van der Waals surface area contributed by atoms with Crippen molar-refractivity contribution in [3.63, 3.8) is 0 Å². The Morgan fingerprint density at radius 1 is 1.40 bits per heavy atom. The van der Waals surface area contributed by atoms with E-state index in [2.05, 4.69) is 22.7 Å². The Kier molecular flexibility index (Phi) is 4.63. The third-order valence-corrected chi connectivity index (χ3v) is 2.98. The highest BCUT2D eigenvalue weighted by molar-refractivity contribution is 6.31. The molecule has 0 fully saturated rings. The van der Waals surface area contributed by atoms with Crippen LogP contribution in [0.2, 0.25) is 5.02 Å². The molecule has 0 saturated heterocycles. The van der Waals surface area contributed by atoms with Crippen molar-refractivity contribution in [3.8, 4) is 0 Å². The van der Waals surface area contributed by atoms with Crippen molar-refractivity contribution in [2.75, 3.05) is 17.2 Å². The number of benzene rings is 1. The standard InChI is InChI=1S/C14H17ClN4O/c1-3-7-16-12-5-4-10(15)9-11(12)14(20)17-13-6-8-19(2)18-13/h4-6,8-9,16H,3,7H2,1-2H3,(H,17,18,20). The van der Waals surface area contributed by atoms with Gasteiger partial charge < -0.3 is 10.6 Å². The fraction of sp³-hybridized carbons (Fsp3) is 0.286. The highest BCUT2D eigenvalue weighted by Gasteiger charge is 2.13. The molecule has 1 aromatic carbocycles. The molecule has 2 N–H and O–H groups in total. The van der Waals surface area contributed by atoms with E-state index in [1.54, 1.807) is 36.1 Å². The van der Waals surface area contributed by atoms with Gasteiger partial charge in [-0.1, -0.05) is 18.5 Å². The molecule has 0 aliphatic rings. The minimum Gasteiger partial charge on any atom is -0.384 e. The predicted molar refractivity (Wildman–Crippen MR) is 81.4 cm³/mol. The molecule has 0 unspecified atom stereocenters.